The molecule has 0 atom stereocenters. The van der Waals surface area contributed by atoms with Gasteiger partial charge in [0, 0.05) is 24.2 Å². The second kappa shape index (κ2) is 6.14. The molecule has 0 fully saturated rings. The van der Waals surface area contributed by atoms with Crippen molar-refractivity contribution < 1.29 is 0 Å². The molecule has 0 aliphatic rings. The van der Waals surface area contributed by atoms with Crippen molar-refractivity contribution in [3.63, 3.8) is 0 Å². The van der Waals surface area contributed by atoms with E-state index in [0.29, 0.717) is 0 Å². The molecule has 25 heavy (non-hydrogen) atoms. The second-order valence-corrected chi connectivity index (χ2v) is 6.55. The Hall–Kier alpha value is -2.99. The van der Waals surface area contributed by atoms with Gasteiger partial charge in [-0.2, -0.15) is 0 Å². The number of aromatic nitrogens is 4. The number of H-pyrrole nitrogens is 1. The Bertz CT molecular complexity index is 1120. The summed E-state index contributed by atoms with van der Waals surface area (Å²) in [6, 6.07) is 6.27. The van der Waals surface area contributed by atoms with Crippen LogP contribution in [0, 0.1) is 0 Å². The fourth-order valence-electron chi connectivity index (χ4n) is 2.97. The van der Waals surface area contributed by atoms with Crippen LogP contribution in [-0.4, -0.2) is 27.0 Å². The Balaban J connectivity index is 2.09. The molecule has 0 unspecified atom stereocenters. The van der Waals surface area contributed by atoms with Crippen molar-refractivity contribution in [2.45, 2.75) is 6.92 Å². The highest BCUT2D eigenvalue weighted by Gasteiger charge is 2.16. The van der Waals surface area contributed by atoms with Gasteiger partial charge in [-0.3, -0.25) is 0 Å². The summed E-state index contributed by atoms with van der Waals surface area (Å²) < 4.78 is 1.11. The van der Waals surface area contributed by atoms with E-state index in [0.717, 1.165) is 48.8 Å². The van der Waals surface area contributed by atoms with Crippen LogP contribution in [0.1, 0.15) is 12.5 Å². The van der Waals surface area contributed by atoms with E-state index in [-0.39, 0.29) is 0 Å². The van der Waals surface area contributed by atoms with Gasteiger partial charge in [-0.15, -0.1) is 0 Å². The van der Waals surface area contributed by atoms with E-state index < -0.39 is 0 Å². The third kappa shape index (κ3) is 2.51. The molecule has 0 spiro atoms. The summed E-state index contributed by atoms with van der Waals surface area (Å²) in [5.41, 5.74) is 5.89. The van der Waals surface area contributed by atoms with Gasteiger partial charge in [0.05, 0.1) is 15.9 Å². The third-order valence-corrected chi connectivity index (χ3v) is 5.30. The van der Waals surface area contributed by atoms with Crippen LogP contribution in [-0.2, 0) is 0 Å². The monoisotopic (exact) mass is 347 g/mol. The number of anilines is 1. The predicted molar refractivity (Wildman–Crippen MR) is 106 cm³/mol. The number of nitrogens with zero attached hydrogens (tertiary/aromatic N) is 3. The van der Waals surface area contributed by atoms with E-state index in [9.17, 15) is 0 Å². The van der Waals surface area contributed by atoms with Gasteiger partial charge in [-0.25, -0.2) is 15.0 Å². The molecule has 0 saturated heterocycles. The fourth-order valence-corrected chi connectivity index (χ4v) is 3.89. The summed E-state index contributed by atoms with van der Waals surface area (Å²) in [5, 5.41) is 5.02. The third-order valence-electron chi connectivity index (χ3n) is 4.18. The lowest BCUT2D eigenvalue weighted by atomic mass is 9.99. The summed E-state index contributed by atoms with van der Waals surface area (Å²) in [6.07, 6.45) is 7.39. The van der Waals surface area contributed by atoms with Crippen LogP contribution in [0.25, 0.3) is 38.1 Å². The average Bonchev–Trinajstić information content (AvgIpc) is 3.28. The molecule has 1 aromatic carbocycles. The molecule has 0 amide bonds. The summed E-state index contributed by atoms with van der Waals surface area (Å²) >= 11 is 1.63. The molecule has 3 heterocycles. The van der Waals surface area contributed by atoms with E-state index in [1.54, 1.807) is 17.7 Å². The van der Waals surface area contributed by atoms with Crippen LogP contribution in [0.15, 0.2) is 49.5 Å². The number of nitrogens with one attached hydrogen (secondary N) is 2. The van der Waals surface area contributed by atoms with Gasteiger partial charge in [-0.1, -0.05) is 30.1 Å². The number of aromatic amines is 1. The molecule has 0 aliphatic carbocycles. The fraction of sp³-hybridized carbons (Fsp3) is 0.105. The number of allylic oxidation sites excluding steroid dienone is 3. The maximum Gasteiger partial charge on any atom is 0.183 e. The maximum absolute atomic E-state index is 4.69. The number of fused-ring (bicyclic) bond motifs is 2. The van der Waals surface area contributed by atoms with E-state index >= 15 is 0 Å². The first kappa shape index (κ1) is 15.5. The van der Waals surface area contributed by atoms with E-state index in [1.807, 2.05) is 32.3 Å². The first-order valence-corrected chi connectivity index (χ1v) is 8.76. The largest absolute Gasteiger partial charge is 0.365 e. The van der Waals surface area contributed by atoms with Crippen LogP contribution < -0.4 is 5.32 Å². The molecular weight excluding hydrogens is 330 g/mol. The van der Waals surface area contributed by atoms with Crippen molar-refractivity contribution in [1.82, 2.24) is 19.9 Å². The quantitative estimate of drug-likeness (QED) is 0.517. The zero-order valence-electron chi connectivity index (χ0n) is 14.0. The van der Waals surface area contributed by atoms with Crippen LogP contribution in [0.5, 0.6) is 0 Å². The SMILES string of the molecule is C=C/C(=C\C)c1cc(-c2ncnc3[nH]ccc23)c2sc(NC)nc2c1. The molecule has 0 saturated carbocycles. The number of hydrogen-bond donors (Lipinski definition) is 2. The smallest absolute Gasteiger partial charge is 0.183 e. The highest BCUT2D eigenvalue weighted by Crippen LogP contribution is 2.38. The summed E-state index contributed by atoms with van der Waals surface area (Å²) in [5.74, 6) is 0. The lowest BCUT2D eigenvalue weighted by Gasteiger charge is -2.08. The van der Waals surface area contributed by atoms with Crippen molar-refractivity contribution in [2.24, 2.45) is 0 Å². The van der Waals surface area contributed by atoms with Gasteiger partial charge in [0.15, 0.2) is 5.13 Å². The average molecular weight is 347 g/mol. The molecule has 0 bridgehead atoms. The zero-order valence-corrected chi connectivity index (χ0v) is 14.8. The first-order valence-electron chi connectivity index (χ1n) is 7.95. The minimum Gasteiger partial charge on any atom is -0.365 e. The van der Waals surface area contributed by atoms with Gasteiger partial charge >= 0.3 is 0 Å². The van der Waals surface area contributed by atoms with E-state index in [1.165, 1.54) is 0 Å². The first-order chi connectivity index (χ1) is 12.2. The minimum atomic E-state index is 0.830. The number of thiazole rings is 1. The summed E-state index contributed by atoms with van der Waals surface area (Å²) in [7, 11) is 1.88. The predicted octanol–water partition coefficient (Wildman–Crippen LogP) is 4.87. The Kier molecular flexibility index (Phi) is 3.82. The molecule has 0 aliphatic heterocycles. The molecule has 5 nitrogen and oxygen atoms in total. The molecule has 3 aromatic heterocycles. The van der Waals surface area contributed by atoms with Crippen molar-refractivity contribution in [3.8, 4) is 11.3 Å². The normalized spacial score (nSPS) is 12.0. The van der Waals surface area contributed by atoms with E-state index in [2.05, 4.69) is 45.1 Å². The number of hydrogen-bond acceptors (Lipinski definition) is 5. The zero-order chi connectivity index (χ0) is 17.4. The molecule has 6 heteroatoms. The van der Waals surface area contributed by atoms with Gasteiger partial charge in [0.1, 0.15) is 12.0 Å². The van der Waals surface area contributed by atoms with Gasteiger partial charge in [0.2, 0.25) is 0 Å². The molecule has 0 radical (unpaired) electrons. The van der Waals surface area contributed by atoms with Crippen molar-refractivity contribution >= 4 is 43.3 Å². The topological polar surface area (TPSA) is 66.5 Å². The lowest BCUT2D eigenvalue weighted by Crippen LogP contribution is -1.90. The van der Waals surface area contributed by atoms with Gasteiger partial charge in [-0.05, 0) is 36.3 Å². The Labute approximate surface area is 149 Å². The summed E-state index contributed by atoms with van der Waals surface area (Å²) in [4.78, 5) is 16.7. The lowest BCUT2D eigenvalue weighted by molar-refractivity contribution is 1.20. The maximum atomic E-state index is 4.69. The van der Waals surface area contributed by atoms with Gasteiger partial charge in [0.25, 0.3) is 0 Å². The minimum absolute atomic E-state index is 0.830. The number of benzene rings is 1. The Morgan fingerprint density at radius 2 is 2.20 bits per heavy atom. The van der Waals surface area contributed by atoms with Crippen LogP contribution in [0.3, 0.4) is 0 Å². The van der Waals surface area contributed by atoms with Crippen molar-refractivity contribution in [2.75, 3.05) is 12.4 Å². The highest BCUT2D eigenvalue weighted by atomic mass is 32.1. The molecule has 4 rings (SSSR count). The summed E-state index contributed by atoms with van der Waals surface area (Å²) in [6.45, 7) is 5.93. The molecule has 124 valence electrons. The van der Waals surface area contributed by atoms with Crippen LogP contribution >= 0.6 is 11.3 Å². The molecule has 4 aromatic rings. The Morgan fingerprint density at radius 1 is 1.32 bits per heavy atom. The standard InChI is InChI=1S/C19H17N5S/c1-4-11(5-2)12-8-14(17-15(9-12)24-19(20-3)25-17)16-13-6-7-21-18(13)23-10-22-16/h4-10H,1H2,2-3H3,(H,20,24)(H,21,22,23)/b11-5+. The van der Waals surface area contributed by atoms with Crippen molar-refractivity contribution in [3.05, 3.63) is 55.0 Å². The molecular formula is C19H17N5S. The van der Waals surface area contributed by atoms with E-state index in [4.69, 9.17) is 4.98 Å². The van der Waals surface area contributed by atoms with Crippen molar-refractivity contribution in [1.29, 1.82) is 0 Å². The van der Waals surface area contributed by atoms with Crippen LogP contribution in [0.4, 0.5) is 5.13 Å². The van der Waals surface area contributed by atoms with Gasteiger partial charge < -0.3 is 10.3 Å². The number of rotatable bonds is 4. The highest BCUT2D eigenvalue weighted by molar-refractivity contribution is 7.22. The van der Waals surface area contributed by atoms with Crippen LogP contribution in [0.2, 0.25) is 0 Å². The molecule has 2 N–H and O–H groups in total. The Morgan fingerprint density at radius 3 is 2.96 bits per heavy atom. The second-order valence-electron chi connectivity index (χ2n) is 5.55.